The molecule has 0 aliphatic heterocycles. The van der Waals surface area contributed by atoms with E-state index in [0.717, 1.165) is 159 Å². The number of aryl methyl sites for hydroxylation is 5. The predicted octanol–water partition coefficient (Wildman–Crippen LogP) is 23.7. The van der Waals surface area contributed by atoms with E-state index in [0.29, 0.717) is 121 Å². The number of urea groups is 5. The number of halogens is 1. The SMILES string of the molecule is C=CCNC(=O)Nc1cccc(-c2c(C#N)c3ccc(OC)cc3n2CC)c1.CCCCNC(=O)Nc1cccc(-c2c(C#N)c3ccc(OC)cc3n2CC)c1.CCCNC(=O)Nc1cccc(-c2c(C#N)c3ccc(OC)cc3n2CC)c1.CCn1c(-c2cccc(NC(=O)NC(C)C)c2)c(C#N)c2ccc(OC)cc21.CCn1c(-c2cccc(NC(=O)NCCCl)c2)c(C#N)c2ccc(OC)cc21. The van der Waals surface area contributed by atoms with Crippen LogP contribution in [0.25, 0.3) is 111 Å². The van der Waals surface area contributed by atoms with E-state index in [9.17, 15) is 50.3 Å². The van der Waals surface area contributed by atoms with Gasteiger partial charge in [0, 0.05) is 184 Å². The highest BCUT2D eigenvalue weighted by Gasteiger charge is 2.26. The largest absolute Gasteiger partial charge is 0.497 e. The Hall–Kier alpha value is -17.3. The molecule has 5 aromatic heterocycles. The lowest BCUT2D eigenvalue weighted by Gasteiger charge is -2.13. The summed E-state index contributed by atoms with van der Waals surface area (Å²) in [6, 6.07) is 76.7. The Labute approximate surface area is 826 Å². The second-order valence-corrected chi connectivity index (χ2v) is 32.7. The summed E-state index contributed by atoms with van der Waals surface area (Å²) in [5, 5.41) is 81.6. The maximum atomic E-state index is 12.1. The topological polar surface area (TPSA) is 395 Å². The highest BCUT2D eigenvalue weighted by Crippen LogP contribution is 2.43. The maximum absolute atomic E-state index is 12.1. The molecule has 15 rings (SSSR count). The van der Waals surface area contributed by atoms with E-state index in [1.165, 1.54) is 0 Å². The van der Waals surface area contributed by atoms with Crippen LogP contribution in [-0.2, 0) is 32.7 Å². The number of nitriles is 5. The van der Waals surface area contributed by atoms with E-state index >= 15 is 0 Å². The lowest BCUT2D eigenvalue weighted by molar-refractivity contribution is 0.249. The first-order chi connectivity index (χ1) is 68.5. The smallest absolute Gasteiger partial charge is 0.319 e. The number of carbonyl (C=O) groups is 5. The quantitative estimate of drug-likeness (QED) is 0.0114. The Morgan fingerprint density at radius 3 is 0.787 bits per heavy atom. The number of hydrogen-bond donors (Lipinski definition) is 10. The van der Waals surface area contributed by atoms with Gasteiger partial charge in [-0.05, 0) is 183 Å². The van der Waals surface area contributed by atoms with Crippen molar-refractivity contribution in [3.8, 4) is 115 Å². The summed E-state index contributed by atoms with van der Waals surface area (Å²) < 4.78 is 37.3. The Balaban J connectivity index is 0.000000168. The number of fused-ring (bicyclic) bond motifs is 5. The number of carbonyl (C=O) groups excluding carboxylic acids is 5. The number of nitrogens with one attached hydrogen (secondary N) is 10. The molecule has 0 atom stereocenters. The lowest BCUT2D eigenvalue weighted by Crippen LogP contribution is -2.34. The van der Waals surface area contributed by atoms with Crippen molar-refractivity contribution < 1.29 is 47.7 Å². The molecule has 31 heteroatoms. The van der Waals surface area contributed by atoms with Crippen LogP contribution in [0.4, 0.5) is 52.4 Å². The third-order valence-corrected chi connectivity index (χ3v) is 23.2. The number of methoxy groups -OCH3 is 5. The summed E-state index contributed by atoms with van der Waals surface area (Å²) in [6.45, 7) is 27.2. The van der Waals surface area contributed by atoms with Gasteiger partial charge >= 0.3 is 30.2 Å². The van der Waals surface area contributed by atoms with Crippen LogP contribution in [0.15, 0.2) is 225 Å². The Morgan fingerprint density at radius 2 is 0.574 bits per heavy atom. The number of ether oxygens (including phenoxy) is 5. The molecule has 0 radical (unpaired) electrons. The van der Waals surface area contributed by atoms with Crippen LogP contribution in [0.5, 0.6) is 28.7 Å². The van der Waals surface area contributed by atoms with Gasteiger partial charge in [0.25, 0.3) is 0 Å². The van der Waals surface area contributed by atoms with Crippen molar-refractivity contribution in [1.29, 1.82) is 26.3 Å². The van der Waals surface area contributed by atoms with E-state index in [1.54, 1.807) is 47.7 Å². The van der Waals surface area contributed by atoms with Crippen LogP contribution in [0.2, 0.25) is 0 Å². The second-order valence-electron chi connectivity index (χ2n) is 32.3. The molecule has 10 aromatic carbocycles. The molecule has 0 saturated heterocycles. The number of alkyl halides is 1. The zero-order chi connectivity index (χ0) is 101. The monoisotopic (exact) mass is 1910 g/mol. The van der Waals surface area contributed by atoms with Gasteiger partial charge in [0.2, 0.25) is 0 Å². The van der Waals surface area contributed by atoms with Gasteiger partial charge < -0.3 is 99.7 Å². The number of aromatic nitrogens is 5. The number of nitrogens with zero attached hydrogens (tertiary/aromatic N) is 10. The number of rotatable bonds is 30. The first-order valence-electron chi connectivity index (χ1n) is 46.5. The summed E-state index contributed by atoms with van der Waals surface area (Å²) in [7, 11) is 8.14. The fraction of sp³-hybridized carbons (Fsp3) is 0.255. The molecule has 0 saturated carbocycles. The standard InChI is InChI=1S/C23H26N4O2.2C22H24N4O2.C22H22N4O2.C21H21ClN4O2/c1-4-6-12-25-23(28)26-17-9-7-8-16(13-17)22-20(15-24)19-11-10-18(29-3)14-21(19)27(22)5-2;1-5-26-20-12-17(28-4)9-10-18(20)19(13-23)21(26)15-7-6-8-16(11-15)25-22(27)24-14(2)3;2*1-4-11-24-22(27)25-16-8-6-7-15(12-16)21-19(14-23)18-10-9-17(28-3)13-20(18)26(21)5-2;1-3-26-19-12-16(28-2)7-8-17(19)18(13-23)20(26)14-5-4-6-15(11-14)25-21(27)24-10-9-22/h7-11,13-14H,4-6,12H2,1-3H3,(H2,25,26,28);6-12,14H,5H2,1-4H3,(H2,24,25,27);6-10,12-13H,4-5,11H2,1-3H3,(H2,24,25,27);4,6-10,12-13H,1,5,11H2,2-3H3,(H2,24,25,27);4-8,11-12H,3,9-10H2,1-2H3,(H2,24,25,27). The average molecular weight is 1910 g/mol. The van der Waals surface area contributed by atoms with E-state index < -0.39 is 0 Å². The highest BCUT2D eigenvalue weighted by atomic mass is 35.5. The van der Waals surface area contributed by atoms with Gasteiger partial charge in [-0.25, -0.2) is 24.0 Å². The van der Waals surface area contributed by atoms with Crippen LogP contribution in [0, 0.1) is 56.7 Å². The third-order valence-electron chi connectivity index (χ3n) is 23.0. The molecule has 0 spiro atoms. The van der Waals surface area contributed by atoms with Gasteiger partial charge in [0.05, 0.1) is 119 Å². The van der Waals surface area contributed by atoms with Crippen molar-refractivity contribution in [2.75, 3.05) is 94.2 Å². The van der Waals surface area contributed by atoms with E-state index in [4.69, 9.17) is 35.3 Å². The van der Waals surface area contributed by atoms with Crippen LogP contribution in [0.1, 0.15) is 109 Å². The van der Waals surface area contributed by atoms with E-state index in [1.807, 2.05) is 262 Å². The van der Waals surface area contributed by atoms with Crippen molar-refractivity contribution in [3.63, 3.8) is 0 Å². The van der Waals surface area contributed by atoms with E-state index in [2.05, 4.69) is 120 Å². The van der Waals surface area contributed by atoms with Crippen LogP contribution >= 0.6 is 11.6 Å². The third kappa shape index (κ3) is 24.8. The van der Waals surface area contributed by atoms with Crippen molar-refractivity contribution in [2.45, 2.75) is 120 Å². The lowest BCUT2D eigenvalue weighted by atomic mass is 10.1. The first-order valence-corrected chi connectivity index (χ1v) is 47.0. The molecule has 15 aromatic rings. The van der Waals surface area contributed by atoms with Crippen LogP contribution in [0.3, 0.4) is 0 Å². The first kappa shape index (κ1) is 104. The van der Waals surface area contributed by atoms with Crippen molar-refractivity contribution in [3.05, 3.63) is 253 Å². The molecule has 0 bridgehead atoms. The van der Waals surface area contributed by atoms with Gasteiger partial charge in [-0.3, -0.25) is 0 Å². The van der Waals surface area contributed by atoms with Gasteiger partial charge in [-0.1, -0.05) is 87.0 Å². The highest BCUT2D eigenvalue weighted by molar-refractivity contribution is 6.18. The molecule has 30 nitrogen and oxygen atoms in total. The molecule has 0 fully saturated rings. The summed E-state index contributed by atoms with van der Waals surface area (Å²) >= 11 is 5.60. The molecule has 0 unspecified atom stereocenters. The van der Waals surface area contributed by atoms with E-state index in [-0.39, 0.29) is 36.2 Å². The average Bonchev–Trinajstić information content (AvgIpc) is 1.63. The van der Waals surface area contributed by atoms with Gasteiger partial charge in [-0.2, -0.15) is 26.3 Å². The number of unbranched alkanes of at least 4 members (excludes halogenated alkanes) is 1. The number of anilines is 5. The minimum absolute atomic E-state index is 0.0472. The fourth-order valence-corrected chi connectivity index (χ4v) is 16.9. The fourth-order valence-electron chi connectivity index (χ4n) is 16.8. The van der Waals surface area contributed by atoms with Gasteiger partial charge in [-0.15, -0.1) is 18.2 Å². The molecular formula is C110H117ClN20O10. The van der Waals surface area contributed by atoms with Crippen molar-refractivity contribution >= 4 is 125 Å². The molecule has 0 aliphatic rings. The molecule has 5 heterocycles. The van der Waals surface area contributed by atoms with Crippen LogP contribution in [-0.4, -0.2) is 127 Å². The number of amides is 10. The normalized spacial score (nSPS) is 10.5. The van der Waals surface area contributed by atoms with Gasteiger partial charge in [0.1, 0.15) is 59.1 Å². The molecule has 10 amide bonds. The van der Waals surface area contributed by atoms with Crippen molar-refractivity contribution in [2.24, 2.45) is 0 Å². The minimum atomic E-state index is -0.320. The Bertz CT molecular complexity index is 7120. The Kier molecular flexibility index (Phi) is 37.3. The molecule has 141 heavy (non-hydrogen) atoms. The summed E-state index contributed by atoms with van der Waals surface area (Å²) in [6.07, 6.45) is 4.46. The summed E-state index contributed by atoms with van der Waals surface area (Å²) in [5.41, 5.74) is 19.6. The summed E-state index contributed by atoms with van der Waals surface area (Å²) in [5.74, 6) is 4.07. The predicted molar refractivity (Wildman–Crippen MR) is 563 cm³/mol. The van der Waals surface area contributed by atoms with Crippen LogP contribution < -0.4 is 76.9 Å². The number of benzene rings is 10. The Morgan fingerprint density at radius 1 is 0.333 bits per heavy atom. The zero-order valence-electron chi connectivity index (χ0n) is 81.7. The van der Waals surface area contributed by atoms with Gasteiger partial charge in [0.15, 0.2) is 0 Å². The number of hydrogen-bond acceptors (Lipinski definition) is 15. The molecule has 0 aliphatic carbocycles. The minimum Gasteiger partial charge on any atom is -0.497 e. The molecule has 724 valence electrons. The molecule has 10 N–H and O–H groups in total. The van der Waals surface area contributed by atoms with Crippen molar-refractivity contribution in [1.82, 2.24) is 49.4 Å². The zero-order valence-corrected chi connectivity index (χ0v) is 82.4. The second kappa shape index (κ2) is 50.5. The molecular weight excluding hydrogens is 1800 g/mol. The summed E-state index contributed by atoms with van der Waals surface area (Å²) in [4.78, 5) is 60.0. The maximum Gasteiger partial charge on any atom is 0.319 e.